The Labute approximate surface area is 181 Å². The maximum absolute atomic E-state index is 13.9. The zero-order valence-electron chi connectivity index (χ0n) is 18.1. The molecule has 0 saturated heterocycles. The molecule has 0 aliphatic heterocycles. The lowest BCUT2D eigenvalue weighted by Gasteiger charge is -2.59. The minimum Gasteiger partial charge on any atom is -0.544 e. The molecule has 1 aromatic rings. The third kappa shape index (κ3) is 3.92. The zero-order chi connectivity index (χ0) is 22.6. The van der Waals surface area contributed by atoms with E-state index < -0.39 is 29.9 Å². The molecule has 5 nitrogen and oxygen atoms in total. The van der Waals surface area contributed by atoms with E-state index in [2.05, 4.69) is 6.92 Å². The van der Waals surface area contributed by atoms with Gasteiger partial charge in [-0.15, -0.1) is 0 Å². The molecule has 0 amide bonds. The monoisotopic (exact) mass is 435 g/mol. The molecule has 170 valence electrons. The van der Waals surface area contributed by atoms with E-state index in [0.29, 0.717) is 17.6 Å². The van der Waals surface area contributed by atoms with Crippen molar-refractivity contribution < 1.29 is 33.0 Å². The predicted molar refractivity (Wildman–Crippen MR) is 107 cm³/mol. The largest absolute Gasteiger partial charge is 0.544 e. The lowest BCUT2D eigenvalue weighted by atomic mass is 9.50. The Bertz CT molecular complexity index is 820. The normalized spacial score (nSPS) is 32.7. The Kier molecular flexibility index (Phi) is 5.51. The lowest BCUT2D eigenvalue weighted by molar-refractivity contribution is -0.337. The number of carboxylic acid groups (broad SMARTS) is 1. The van der Waals surface area contributed by atoms with E-state index in [1.165, 1.54) is 58.1 Å². The molecule has 1 unspecified atom stereocenters. The van der Waals surface area contributed by atoms with Crippen LogP contribution in [0.1, 0.15) is 63.2 Å². The van der Waals surface area contributed by atoms with Gasteiger partial charge in [0.1, 0.15) is 17.3 Å². The number of rotatable bonds is 7. The predicted octanol–water partition coefficient (Wildman–Crippen LogP) is 3.85. The average Bonchev–Trinajstić information content (AvgIpc) is 2.69. The molecule has 0 heterocycles. The van der Waals surface area contributed by atoms with Crippen molar-refractivity contribution in [2.75, 3.05) is 0 Å². The molecule has 31 heavy (non-hydrogen) atoms. The van der Waals surface area contributed by atoms with E-state index in [1.807, 2.05) is 0 Å². The van der Waals surface area contributed by atoms with E-state index >= 15 is 0 Å². The number of hydrogen-bond acceptors (Lipinski definition) is 5. The highest BCUT2D eigenvalue weighted by molar-refractivity contribution is 5.90. The molecule has 4 saturated carbocycles. The first-order chi connectivity index (χ1) is 14.5. The minimum absolute atomic E-state index is 0.0578. The number of aliphatic carboxylic acids is 1. The summed E-state index contributed by atoms with van der Waals surface area (Å²) in [5.74, 6) is -5.41. The average molecular weight is 435 g/mol. The Morgan fingerprint density at radius 2 is 1.55 bits per heavy atom. The third-order valence-corrected chi connectivity index (χ3v) is 7.66. The molecular weight excluding hydrogens is 406 g/mol. The fraction of sp³-hybridized carbons (Fsp3) is 0.667. The summed E-state index contributed by atoms with van der Waals surface area (Å²) < 4.78 is 39.1. The van der Waals surface area contributed by atoms with Gasteiger partial charge in [0.15, 0.2) is 6.10 Å². The van der Waals surface area contributed by atoms with Gasteiger partial charge in [-0.2, -0.15) is 8.78 Å². The molecule has 1 aromatic carbocycles. The van der Waals surface area contributed by atoms with Crippen LogP contribution in [0.3, 0.4) is 0 Å². The minimum atomic E-state index is -4.28. The smallest absolute Gasteiger partial charge is 0.338 e. The number of carboxylic acids is 1. The SMILES string of the molecule is CC(C)C(OC(=O)c1ccc(OC2(C)C3CC4CC(C3)CC2C4)cc1)C(F)(F)C(=O)[O-]. The number of halogens is 2. The Hall–Kier alpha value is -2.18. The first-order valence-electron chi connectivity index (χ1n) is 11.1. The lowest BCUT2D eigenvalue weighted by Crippen LogP contribution is -2.59. The van der Waals surface area contributed by atoms with Crippen LogP contribution in [0.2, 0.25) is 0 Å². The quantitative estimate of drug-likeness (QED) is 0.608. The molecule has 5 rings (SSSR count). The molecule has 0 N–H and O–H groups in total. The van der Waals surface area contributed by atoms with Crippen molar-refractivity contribution >= 4 is 11.9 Å². The van der Waals surface area contributed by atoms with Crippen LogP contribution in [-0.4, -0.2) is 29.6 Å². The van der Waals surface area contributed by atoms with Crippen molar-refractivity contribution in [2.24, 2.45) is 29.6 Å². The molecule has 0 aromatic heterocycles. The second-order valence-electron chi connectivity index (χ2n) is 10.1. The first-order valence-corrected chi connectivity index (χ1v) is 11.1. The first kappa shape index (κ1) is 22.0. The summed E-state index contributed by atoms with van der Waals surface area (Å²) in [5, 5.41) is 10.8. The van der Waals surface area contributed by atoms with E-state index in [4.69, 9.17) is 9.47 Å². The molecule has 1 atom stereocenters. The fourth-order valence-corrected chi connectivity index (χ4v) is 6.13. The maximum atomic E-state index is 13.9. The van der Waals surface area contributed by atoms with Crippen LogP contribution in [0.15, 0.2) is 24.3 Å². The van der Waals surface area contributed by atoms with Crippen molar-refractivity contribution in [2.45, 2.75) is 70.5 Å². The van der Waals surface area contributed by atoms with Crippen molar-refractivity contribution in [3.05, 3.63) is 29.8 Å². The number of carbonyl (C=O) groups is 2. The number of hydrogen-bond donors (Lipinski definition) is 0. The highest BCUT2D eigenvalue weighted by Crippen LogP contribution is 2.59. The Morgan fingerprint density at radius 3 is 2.00 bits per heavy atom. The second-order valence-corrected chi connectivity index (χ2v) is 10.1. The van der Waals surface area contributed by atoms with Crippen molar-refractivity contribution in [1.29, 1.82) is 0 Å². The number of alkyl halides is 2. The third-order valence-electron chi connectivity index (χ3n) is 7.66. The van der Waals surface area contributed by atoms with Crippen LogP contribution < -0.4 is 9.84 Å². The van der Waals surface area contributed by atoms with Gasteiger partial charge in [-0.25, -0.2) is 4.79 Å². The van der Waals surface area contributed by atoms with E-state index in [-0.39, 0.29) is 11.2 Å². The molecular formula is C24H29F2O5-. The van der Waals surface area contributed by atoms with Gasteiger partial charge in [0, 0.05) is 0 Å². The van der Waals surface area contributed by atoms with E-state index in [9.17, 15) is 23.5 Å². The molecule has 4 aliphatic rings. The zero-order valence-corrected chi connectivity index (χ0v) is 18.1. The van der Waals surface area contributed by atoms with Crippen molar-refractivity contribution in [3.63, 3.8) is 0 Å². The topological polar surface area (TPSA) is 75.7 Å². The van der Waals surface area contributed by atoms with Gasteiger partial charge in [0.05, 0.1) is 5.56 Å². The summed E-state index contributed by atoms with van der Waals surface area (Å²) in [6, 6.07) is 6.22. The number of ether oxygens (including phenoxy) is 2. The Balaban J connectivity index is 1.44. The van der Waals surface area contributed by atoms with Crippen LogP contribution in [0.25, 0.3) is 0 Å². The van der Waals surface area contributed by atoms with Gasteiger partial charge in [0.25, 0.3) is 0 Å². The van der Waals surface area contributed by atoms with Crippen molar-refractivity contribution in [3.8, 4) is 5.75 Å². The van der Waals surface area contributed by atoms with Gasteiger partial charge >= 0.3 is 11.9 Å². The maximum Gasteiger partial charge on any atom is 0.338 e. The second kappa shape index (κ2) is 7.75. The van der Waals surface area contributed by atoms with Crippen molar-refractivity contribution in [1.82, 2.24) is 0 Å². The summed E-state index contributed by atoms with van der Waals surface area (Å²) in [6.45, 7) is 4.91. The van der Waals surface area contributed by atoms with Gasteiger partial charge in [-0.1, -0.05) is 13.8 Å². The summed E-state index contributed by atoms with van der Waals surface area (Å²) in [4.78, 5) is 23.2. The number of benzene rings is 1. The van der Waals surface area contributed by atoms with Crippen LogP contribution in [-0.2, 0) is 9.53 Å². The van der Waals surface area contributed by atoms with Gasteiger partial charge in [-0.3, -0.25) is 0 Å². The standard InChI is InChI=1S/C24H30F2O5/c1-13(2)20(24(25,26)22(28)29)30-21(27)16-4-6-19(7-5-16)31-23(3)17-9-14-8-15(11-17)12-18(23)10-14/h4-7,13-15,17-18,20H,8-12H2,1-3H3,(H,28,29)/p-1. The number of esters is 1. The highest BCUT2D eigenvalue weighted by atomic mass is 19.3. The molecule has 4 fully saturated rings. The molecule has 0 spiro atoms. The fourth-order valence-electron chi connectivity index (χ4n) is 6.13. The highest BCUT2D eigenvalue weighted by Gasteiger charge is 2.56. The summed E-state index contributed by atoms with van der Waals surface area (Å²) in [7, 11) is 0. The van der Waals surface area contributed by atoms with E-state index in [0.717, 1.165) is 11.8 Å². The van der Waals surface area contributed by atoms with Crippen LogP contribution in [0.5, 0.6) is 5.75 Å². The van der Waals surface area contributed by atoms with Crippen LogP contribution in [0, 0.1) is 29.6 Å². The molecule has 4 bridgehead atoms. The van der Waals surface area contributed by atoms with E-state index in [1.54, 1.807) is 12.1 Å². The van der Waals surface area contributed by atoms with Crippen LogP contribution in [0.4, 0.5) is 8.78 Å². The number of carbonyl (C=O) groups excluding carboxylic acids is 2. The molecule has 4 aliphatic carbocycles. The Morgan fingerprint density at radius 1 is 1.03 bits per heavy atom. The summed E-state index contributed by atoms with van der Waals surface area (Å²) in [5.41, 5.74) is -0.170. The summed E-state index contributed by atoms with van der Waals surface area (Å²) >= 11 is 0. The van der Waals surface area contributed by atoms with Gasteiger partial charge in [0.2, 0.25) is 0 Å². The summed E-state index contributed by atoms with van der Waals surface area (Å²) in [6.07, 6.45) is 4.06. The van der Waals surface area contributed by atoms with Gasteiger partial charge < -0.3 is 19.4 Å². The molecule has 0 radical (unpaired) electrons. The molecule has 7 heteroatoms. The van der Waals surface area contributed by atoms with Gasteiger partial charge in [-0.05, 0) is 92.9 Å². The van der Waals surface area contributed by atoms with Crippen LogP contribution >= 0.6 is 0 Å².